The van der Waals surface area contributed by atoms with Gasteiger partial charge in [-0.05, 0) is 27.2 Å². The summed E-state index contributed by atoms with van der Waals surface area (Å²) in [6.45, 7) is 7.84. The molecule has 122 valence electrons. The van der Waals surface area contributed by atoms with E-state index in [4.69, 9.17) is 14.2 Å². The molecule has 0 bridgehead atoms. The van der Waals surface area contributed by atoms with E-state index in [2.05, 4.69) is 0 Å². The van der Waals surface area contributed by atoms with Crippen LogP contribution >= 0.6 is 0 Å². The van der Waals surface area contributed by atoms with Gasteiger partial charge in [0.1, 0.15) is 0 Å². The van der Waals surface area contributed by atoms with E-state index in [1.165, 1.54) is 54.8 Å². The van der Waals surface area contributed by atoms with Crippen LogP contribution in [0.4, 0.5) is 0 Å². The topological polar surface area (TPSA) is 27.7 Å². The van der Waals surface area contributed by atoms with Gasteiger partial charge in [-0.15, -0.1) is 0 Å². The van der Waals surface area contributed by atoms with Crippen molar-refractivity contribution in [2.45, 2.75) is 84.2 Å². The van der Waals surface area contributed by atoms with Gasteiger partial charge in [0.05, 0.1) is 0 Å². The summed E-state index contributed by atoms with van der Waals surface area (Å²) in [5.74, 6) is -0.801. The molecule has 0 radical (unpaired) electrons. The molecule has 3 nitrogen and oxygen atoms in total. The Balaban J connectivity index is 3.82. The predicted octanol–water partition coefficient (Wildman–Crippen LogP) is 3.65. The van der Waals surface area contributed by atoms with Gasteiger partial charge in [-0.25, -0.2) is 0 Å². The van der Waals surface area contributed by atoms with Crippen LogP contribution in [0.1, 0.15) is 72.1 Å². The number of unbranched alkanes of at least 4 members (excludes halogenated alkanes) is 6. The molecule has 0 saturated carbocycles. The van der Waals surface area contributed by atoms with Gasteiger partial charge >= 0.3 is 0 Å². The molecule has 0 aromatic carbocycles. The van der Waals surface area contributed by atoms with Gasteiger partial charge in [-0.1, -0.05) is 44.6 Å². The summed E-state index contributed by atoms with van der Waals surface area (Å²) < 4.78 is 17.2. The highest BCUT2D eigenvalue weighted by Gasteiger charge is 2.31. The summed E-state index contributed by atoms with van der Waals surface area (Å²) in [6.07, 6.45) is 10.1. The SMILES string of the molecule is CCOC(CCCCCCCCC[SiH3])(OCC)OCC. The van der Waals surface area contributed by atoms with Crippen molar-refractivity contribution in [3.05, 3.63) is 0 Å². The molecular weight excluding hydrogens is 268 g/mol. The van der Waals surface area contributed by atoms with Gasteiger partial charge in [-0.2, -0.15) is 0 Å². The minimum Gasteiger partial charge on any atom is -0.328 e. The summed E-state index contributed by atoms with van der Waals surface area (Å²) in [7, 11) is 1.36. The average Bonchev–Trinajstić information content (AvgIpc) is 2.43. The number of rotatable bonds is 15. The molecule has 0 N–H and O–H groups in total. The first-order valence-electron chi connectivity index (χ1n) is 8.66. The molecule has 0 atom stereocenters. The molecule has 0 aromatic rings. The van der Waals surface area contributed by atoms with Crippen molar-refractivity contribution in [1.29, 1.82) is 0 Å². The largest absolute Gasteiger partial charge is 0.328 e. The molecule has 0 heterocycles. The Hall–Kier alpha value is 0.0969. The summed E-state index contributed by atoms with van der Waals surface area (Å²) >= 11 is 0. The van der Waals surface area contributed by atoms with E-state index in [1.54, 1.807) is 0 Å². The molecule has 0 saturated heterocycles. The lowest BCUT2D eigenvalue weighted by Gasteiger charge is -2.32. The van der Waals surface area contributed by atoms with Crippen molar-refractivity contribution in [3.8, 4) is 0 Å². The van der Waals surface area contributed by atoms with Gasteiger partial charge < -0.3 is 14.2 Å². The van der Waals surface area contributed by atoms with Crippen molar-refractivity contribution >= 4 is 10.2 Å². The monoisotopic (exact) mass is 304 g/mol. The van der Waals surface area contributed by atoms with E-state index in [9.17, 15) is 0 Å². The molecule has 0 aliphatic heterocycles. The smallest absolute Gasteiger partial charge is 0.282 e. The van der Waals surface area contributed by atoms with Crippen LogP contribution in [-0.2, 0) is 14.2 Å². The van der Waals surface area contributed by atoms with E-state index in [-0.39, 0.29) is 0 Å². The number of hydrogen-bond donors (Lipinski definition) is 0. The van der Waals surface area contributed by atoms with Crippen molar-refractivity contribution in [2.75, 3.05) is 19.8 Å². The first kappa shape index (κ1) is 20.1. The second-order valence-electron chi connectivity index (χ2n) is 5.21. The molecular formula is C16H36O3Si. The van der Waals surface area contributed by atoms with Crippen LogP contribution in [0, 0.1) is 0 Å². The Morgan fingerprint density at radius 2 is 1.05 bits per heavy atom. The Morgan fingerprint density at radius 3 is 1.45 bits per heavy atom. The van der Waals surface area contributed by atoms with Gasteiger partial charge in [0.25, 0.3) is 5.97 Å². The molecule has 0 aliphatic carbocycles. The number of ether oxygens (including phenoxy) is 3. The Bertz CT molecular complexity index is 183. The fourth-order valence-corrected chi connectivity index (χ4v) is 2.98. The quantitative estimate of drug-likeness (QED) is 0.262. The van der Waals surface area contributed by atoms with Crippen LogP contribution in [-0.4, -0.2) is 36.0 Å². The fourth-order valence-electron chi connectivity index (χ4n) is 2.48. The maximum atomic E-state index is 5.73. The van der Waals surface area contributed by atoms with Gasteiger partial charge in [0.2, 0.25) is 0 Å². The predicted molar refractivity (Wildman–Crippen MR) is 89.3 cm³/mol. The summed E-state index contributed by atoms with van der Waals surface area (Å²) in [5.41, 5.74) is 0. The van der Waals surface area contributed by atoms with E-state index in [0.29, 0.717) is 19.8 Å². The normalized spacial score (nSPS) is 12.2. The third-order valence-corrected chi connectivity index (χ3v) is 4.14. The van der Waals surface area contributed by atoms with Crippen molar-refractivity contribution in [2.24, 2.45) is 0 Å². The van der Waals surface area contributed by atoms with Crippen molar-refractivity contribution < 1.29 is 14.2 Å². The zero-order valence-corrected chi connectivity index (χ0v) is 16.2. The second-order valence-corrected chi connectivity index (χ2v) is 6.21. The third kappa shape index (κ3) is 9.92. The minimum absolute atomic E-state index is 0.625. The minimum atomic E-state index is -0.801. The first-order chi connectivity index (χ1) is 9.74. The van der Waals surface area contributed by atoms with E-state index in [1.807, 2.05) is 20.8 Å². The van der Waals surface area contributed by atoms with Gasteiger partial charge in [-0.3, -0.25) is 0 Å². The highest BCUT2D eigenvalue weighted by Crippen LogP contribution is 2.24. The van der Waals surface area contributed by atoms with E-state index < -0.39 is 5.97 Å². The standard InChI is InChI=1S/C16H36O3Si/c1-4-17-16(18-5-2,19-6-3)14-12-10-8-7-9-11-13-15-20/h4-15H2,1-3,20H3. The zero-order chi connectivity index (χ0) is 15.1. The highest BCUT2D eigenvalue weighted by atomic mass is 28.1. The maximum Gasteiger partial charge on any atom is 0.282 e. The molecule has 0 rings (SSSR count). The average molecular weight is 305 g/mol. The Kier molecular flexibility index (Phi) is 14.1. The lowest BCUT2D eigenvalue weighted by atomic mass is 10.1. The Morgan fingerprint density at radius 1 is 0.650 bits per heavy atom. The summed E-state index contributed by atoms with van der Waals surface area (Å²) in [4.78, 5) is 0. The van der Waals surface area contributed by atoms with Crippen molar-refractivity contribution in [1.82, 2.24) is 0 Å². The maximum absolute atomic E-state index is 5.73. The molecule has 0 unspecified atom stereocenters. The first-order valence-corrected chi connectivity index (χ1v) is 10.1. The van der Waals surface area contributed by atoms with Crippen LogP contribution < -0.4 is 0 Å². The molecule has 0 fully saturated rings. The van der Waals surface area contributed by atoms with E-state index in [0.717, 1.165) is 12.8 Å². The summed E-state index contributed by atoms with van der Waals surface area (Å²) in [5, 5.41) is 0. The van der Waals surface area contributed by atoms with Crippen LogP contribution in [0.5, 0.6) is 0 Å². The molecule has 0 aromatic heterocycles. The molecule has 4 heteroatoms. The van der Waals surface area contributed by atoms with Crippen molar-refractivity contribution in [3.63, 3.8) is 0 Å². The van der Waals surface area contributed by atoms with Gasteiger partial charge in [0, 0.05) is 36.5 Å². The lowest BCUT2D eigenvalue weighted by Crippen LogP contribution is -2.39. The molecule has 0 aliphatic rings. The Labute approximate surface area is 129 Å². The van der Waals surface area contributed by atoms with Crippen LogP contribution in [0.15, 0.2) is 0 Å². The van der Waals surface area contributed by atoms with Crippen LogP contribution in [0.3, 0.4) is 0 Å². The lowest BCUT2D eigenvalue weighted by molar-refractivity contribution is -0.380. The fraction of sp³-hybridized carbons (Fsp3) is 1.00. The van der Waals surface area contributed by atoms with Crippen LogP contribution in [0.2, 0.25) is 6.04 Å². The van der Waals surface area contributed by atoms with Gasteiger partial charge in [0.15, 0.2) is 0 Å². The van der Waals surface area contributed by atoms with Crippen LogP contribution in [0.25, 0.3) is 0 Å². The highest BCUT2D eigenvalue weighted by molar-refractivity contribution is 6.08. The third-order valence-electron chi connectivity index (χ3n) is 3.43. The molecule has 0 spiro atoms. The zero-order valence-electron chi connectivity index (χ0n) is 14.2. The molecule has 0 amide bonds. The van der Waals surface area contributed by atoms with E-state index >= 15 is 0 Å². The second kappa shape index (κ2) is 14.1. The summed E-state index contributed by atoms with van der Waals surface area (Å²) in [6, 6.07) is 1.46. The number of hydrogen-bond acceptors (Lipinski definition) is 3. The molecule has 20 heavy (non-hydrogen) atoms.